The monoisotopic (exact) mass is 300 g/mol. The summed E-state index contributed by atoms with van der Waals surface area (Å²) in [5.41, 5.74) is 4.04. The number of hydrogen-bond acceptors (Lipinski definition) is 2. The molecular weight excluding hydrogens is 284 g/mol. The lowest BCUT2D eigenvalue weighted by Gasteiger charge is -2.15. The highest BCUT2D eigenvalue weighted by Gasteiger charge is 2.15. The lowest BCUT2D eigenvalue weighted by atomic mass is 10.1. The van der Waals surface area contributed by atoms with Gasteiger partial charge in [0.25, 0.3) is 5.91 Å². The number of hydrogen-bond donors (Lipinski definition) is 2. The van der Waals surface area contributed by atoms with Gasteiger partial charge in [0.2, 0.25) is 0 Å². The number of anilines is 1. The summed E-state index contributed by atoms with van der Waals surface area (Å²) in [6, 6.07) is 13.3. The van der Waals surface area contributed by atoms with Gasteiger partial charge in [0.15, 0.2) is 0 Å². The number of amides is 1. The topological polar surface area (TPSA) is 41.1 Å². The molecule has 2 N–H and O–H groups in total. The molecular formula is C17H17ClN2O. The Morgan fingerprint density at radius 2 is 2.14 bits per heavy atom. The molecule has 0 bridgehead atoms. The molecule has 0 aromatic heterocycles. The van der Waals surface area contributed by atoms with Crippen LogP contribution in [0.5, 0.6) is 0 Å². The van der Waals surface area contributed by atoms with E-state index < -0.39 is 0 Å². The highest BCUT2D eigenvalue weighted by molar-refractivity contribution is 6.30. The van der Waals surface area contributed by atoms with E-state index in [0.717, 1.165) is 24.2 Å². The van der Waals surface area contributed by atoms with Crippen molar-refractivity contribution in [2.75, 3.05) is 11.9 Å². The lowest BCUT2D eigenvalue weighted by molar-refractivity contribution is 0.0940. The minimum absolute atomic E-state index is 0.0582. The maximum absolute atomic E-state index is 12.3. The van der Waals surface area contributed by atoms with Crippen molar-refractivity contribution in [2.45, 2.75) is 19.4 Å². The van der Waals surface area contributed by atoms with Crippen LogP contribution in [0.3, 0.4) is 0 Å². The third kappa shape index (κ3) is 3.03. The molecule has 2 aromatic rings. The van der Waals surface area contributed by atoms with E-state index in [-0.39, 0.29) is 11.9 Å². The first kappa shape index (κ1) is 14.0. The lowest BCUT2D eigenvalue weighted by Crippen LogP contribution is -2.26. The number of fused-ring (bicyclic) bond motifs is 1. The minimum atomic E-state index is -0.0809. The smallest absolute Gasteiger partial charge is 0.251 e. The Labute approximate surface area is 129 Å². The fraction of sp³-hybridized carbons (Fsp3) is 0.235. The van der Waals surface area contributed by atoms with Crippen LogP contribution in [-0.4, -0.2) is 12.5 Å². The molecule has 0 aliphatic carbocycles. The fourth-order valence-electron chi connectivity index (χ4n) is 2.59. The molecule has 0 spiro atoms. The summed E-state index contributed by atoms with van der Waals surface area (Å²) in [4.78, 5) is 12.3. The van der Waals surface area contributed by atoms with Crippen molar-refractivity contribution in [1.29, 1.82) is 0 Å². The normalized spacial score (nSPS) is 14.2. The summed E-state index contributed by atoms with van der Waals surface area (Å²) >= 11 is 5.99. The van der Waals surface area contributed by atoms with Gasteiger partial charge in [0.1, 0.15) is 0 Å². The Kier molecular flexibility index (Phi) is 3.84. The summed E-state index contributed by atoms with van der Waals surface area (Å²) in [5.74, 6) is -0.0582. The zero-order valence-electron chi connectivity index (χ0n) is 11.8. The summed E-state index contributed by atoms with van der Waals surface area (Å²) in [6.07, 6.45) is 0.973. The first-order valence-electron chi connectivity index (χ1n) is 7.06. The summed E-state index contributed by atoms with van der Waals surface area (Å²) < 4.78 is 0. The number of halogens is 1. The third-order valence-corrected chi connectivity index (χ3v) is 4.01. The van der Waals surface area contributed by atoms with Gasteiger partial charge in [-0.15, -0.1) is 0 Å². The molecule has 3 rings (SSSR count). The number of benzene rings is 2. The Bertz CT molecular complexity index is 684. The van der Waals surface area contributed by atoms with E-state index in [1.807, 2.05) is 49.4 Å². The highest BCUT2D eigenvalue weighted by Crippen LogP contribution is 2.23. The van der Waals surface area contributed by atoms with Crippen molar-refractivity contribution in [2.24, 2.45) is 0 Å². The van der Waals surface area contributed by atoms with Crippen LogP contribution < -0.4 is 10.6 Å². The van der Waals surface area contributed by atoms with Gasteiger partial charge < -0.3 is 10.6 Å². The van der Waals surface area contributed by atoms with Gasteiger partial charge >= 0.3 is 0 Å². The Hall–Kier alpha value is -2.00. The van der Waals surface area contributed by atoms with Crippen LogP contribution >= 0.6 is 11.6 Å². The summed E-state index contributed by atoms with van der Waals surface area (Å²) in [6.45, 7) is 2.90. The minimum Gasteiger partial charge on any atom is -0.384 e. The molecule has 108 valence electrons. The van der Waals surface area contributed by atoms with Gasteiger partial charge in [-0.2, -0.15) is 0 Å². The van der Waals surface area contributed by atoms with Crippen LogP contribution in [0.2, 0.25) is 5.02 Å². The number of carbonyl (C=O) groups excluding carboxylic acids is 1. The first-order chi connectivity index (χ1) is 10.1. The van der Waals surface area contributed by atoms with Crippen molar-refractivity contribution in [3.05, 3.63) is 64.2 Å². The van der Waals surface area contributed by atoms with E-state index in [2.05, 4.69) is 10.6 Å². The zero-order valence-corrected chi connectivity index (χ0v) is 12.6. The van der Waals surface area contributed by atoms with Crippen molar-refractivity contribution in [3.8, 4) is 0 Å². The largest absolute Gasteiger partial charge is 0.384 e. The maximum Gasteiger partial charge on any atom is 0.251 e. The van der Waals surface area contributed by atoms with E-state index in [0.29, 0.717) is 10.6 Å². The van der Waals surface area contributed by atoms with Crippen LogP contribution in [-0.2, 0) is 6.42 Å². The predicted molar refractivity (Wildman–Crippen MR) is 86.0 cm³/mol. The first-order valence-corrected chi connectivity index (χ1v) is 7.44. The number of rotatable bonds is 3. The second kappa shape index (κ2) is 5.78. The molecule has 1 heterocycles. The SMILES string of the molecule is C[C@@H](NC(=O)c1ccc2c(c1)CCN2)c1cccc(Cl)c1. The van der Waals surface area contributed by atoms with Crippen LogP contribution in [0.25, 0.3) is 0 Å². The second-order valence-electron chi connectivity index (χ2n) is 5.30. The summed E-state index contributed by atoms with van der Waals surface area (Å²) in [5, 5.41) is 6.98. The molecule has 1 atom stereocenters. The number of carbonyl (C=O) groups is 1. The van der Waals surface area contributed by atoms with E-state index in [1.54, 1.807) is 0 Å². The molecule has 0 fully saturated rings. The van der Waals surface area contributed by atoms with Gasteiger partial charge in [-0.1, -0.05) is 23.7 Å². The van der Waals surface area contributed by atoms with Gasteiger partial charge in [0, 0.05) is 22.8 Å². The molecule has 0 radical (unpaired) electrons. The van der Waals surface area contributed by atoms with Crippen LogP contribution in [0, 0.1) is 0 Å². The van der Waals surface area contributed by atoms with Crippen LogP contribution in [0.4, 0.5) is 5.69 Å². The highest BCUT2D eigenvalue weighted by atomic mass is 35.5. The van der Waals surface area contributed by atoms with Crippen molar-refractivity contribution in [3.63, 3.8) is 0 Å². The average molecular weight is 301 g/mol. The molecule has 0 unspecified atom stereocenters. The average Bonchev–Trinajstić information content (AvgIpc) is 2.94. The van der Waals surface area contributed by atoms with E-state index in [4.69, 9.17) is 11.6 Å². The van der Waals surface area contributed by atoms with Crippen LogP contribution in [0.15, 0.2) is 42.5 Å². The Morgan fingerprint density at radius 1 is 1.29 bits per heavy atom. The molecule has 0 saturated heterocycles. The van der Waals surface area contributed by atoms with Crippen molar-refractivity contribution >= 4 is 23.2 Å². The molecule has 1 aliphatic rings. The van der Waals surface area contributed by atoms with Crippen LogP contribution in [0.1, 0.15) is 34.5 Å². The molecule has 1 amide bonds. The van der Waals surface area contributed by atoms with E-state index >= 15 is 0 Å². The van der Waals surface area contributed by atoms with Gasteiger partial charge in [-0.3, -0.25) is 4.79 Å². The number of nitrogens with one attached hydrogen (secondary N) is 2. The fourth-order valence-corrected chi connectivity index (χ4v) is 2.78. The second-order valence-corrected chi connectivity index (χ2v) is 5.74. The maximum atomic E-state index is 12.3. The van der Waals surface area contributed by atoms with E-state index in [1.165, 1.54) is 5.56 Å². The summed E-state index contributed by atoms with van der Waals surface area (Å²) in [7, 11) is 0. The molecule has 2 aromatic carbocycles. The van der Waals surface area contributed by atoms with Crippen molar-refractivity contribution < 1.29 is 4.79 Å². The zero-order chi connectivity index (χ0) is 14.8. The molecule has 1 aliphatic heterocycles. The molecule has 0 saturated carbocycles. The van der Waals surface area contributed by atoms with Crippen molar-refractivity contribution in [1.82, 2.24) is 5.32 Å². The Balaban J connectivity index is 1.74. The standard InChI is InChI=1S/C17H17ClN2O/c1-11(12-3-2-4-15(18)10-12)20-17(21)14-5-6-16-13(9-14)7-8-19-16/h2-6,9-11,19H,7-8H2,1H3,(H,20,21)/t11-/m1/s1. The molecule has 4 heteroatoms. The predicted octanol–water partition coefficient (Wildman–Crippen LogP) is 3.80. The molecule has 3 nitrogen and oxygen atoms in total. The Morgan fingerprint density at radius 3 is 2.95 bits per heavy atom. The van der Waals surface area contributed by atoms with Gasteiger partial charge in [-0.25, -0.2) is 0 Å². The third-order valence-electron chi connectivity index (χ3n) is 3.77. The quantitative estimate of drug-likeness (QED) is 0.905. The van der Waals surface area contributed by atoms with E-state index in [9.17, 15) is 4.79 Å². The van der Waals surface area contributed by atoms with Gasteiger partial charge in [0.05, 0.1) is 6.04 Å². The molecule has 21 heavy (non-hydrogen) atoms. The van der Waals surface area contributed by atoms with Gasteiger partial charge in [-0.05, 0) is 54.8 Å².